The van der Waals surface area contributed by atoms with Gasteiger partial charge in [0, 0.05) is 44.8 Å². The van der Waals surface area contributed by atoms with Crippen LogP contribution in [0.3, 0.4) is 0 Å². The minimum Gasteiger partial charge on any atom is -0.353 e. The normalized spacial score (nSPS) is 16.4. The molecule has 1 fully saturated rings. The van der Waals surface area contributed by atoms with Crippen molar-refractivity contribution in [2.24, 2.45) is 4.99 Å². The van der Waals surface area contributed by atoms with Gasteiger partial charge in [0.25, 0.3) is 5.91 Å². The van der Waals surface area contributed by atoms with Crippen LogP contribution in [0.5, 0.6) is 0 Å². The number of para-hydroxylation sites is 1. The van der Waals surface area contributed by atoms with Crippen molar-refractivity contribution in [3.8, 4) is 5.69 Å². The van der Waals surface area contributed by atoms with Gasteiger partial charge in [-0.15, -0.1) is 0 Å². The first-order valence-corrected chi connectivity index (χ1v) is 11.5. The number of allylic oxidation sites excluding steroid dienone is 1. The molecule has 0 bridgehead atoms. The third-order valence-corrected chi connectivity index (χ3v) is 5.15. The van der Waals surface area contributed by atoms with Crippen molar-refractivity contribution >= 4 is 11.7 Å². The lowest BCUT2D eigenvalue weighted by Crippen LogP contribution is -2.40. The predicted octanol–water partition coefficient (Wildman–Crippen LogP) is 4.06. The van der Waals surface area contributed by atoms with Gasteiger partial charge in [-0.3, -0.25) is 4.79 Å². The molecule has 0 spiro atoms. The monoisotopic (exact) mass is 447 g/mol. The van der Waals surface area contributed by atoms with Gasteiger partial charge in [0.05, 0.1) is 29.3 Å². The van der Waals surface area contributed by atoms with E-state index in [1.54, 1.807) is 18.6 Å². The molecule has 8 nitrogen and oxygen atoms in total. The molecule has 2 aliphatic rings. The van der Waals surface area contributed by atoms with Crippen LogP contribution in [0.15, 0.2) is 78.6 Å². The van der Waals surface area contributed by atoms with Crippen LogP contribution in [0.4, 0.5) is 0 Å². The number of benzene rings is 1. The summed E-state index contributed by atoms with van der Waals surface area (Å²) in [5.41, 5.74) is 2.13. The molecule has 0 saturated carbocycles. The van der Waals surface area contributed by atoms with E-state index in [1.807, 2.05) is 59.5 Å². The molecule has 2 aliphatic heterocycles. The second-order valence-electron chi connectivity index (χ2n) is 7.76. The summed E-state index contributed by atoms with van der Waals surface area (Å²) < 4.78 is 0. The molecule has 8 heteroatoms. The molecule has 0 unspecified atom stereocenters. The zero-order valence-electron chi connectivity index (χ0n) is 19.8. The molecule has 1 amide bonds. The highest BCUT2D eigenvalue weighted by Gasteiger charge is 2.26. The van der Waals surface area contributed by atoms with Crippen LogP contribution in [0, 0.1) is 0 Å². The van der Waals surface area contributed by atoms with Gasteiger partial charge in [-0.2, -0.15) is 15.0 Å². The molecule has 0 aliphatic carbocycles. The summed E-state index contributed by atoms with van der Waals surface area (Å²) in [6, 6.07) is 7.44. The van der Waals surface area contributed by atoms with E-state index >= 15 is 0 Å². The molecule has 0 radical (unpaired) electrons. The maximum absolute atomic E-state index is 13.3. The average Bonchev–Trinajstić information content (AvgIpc) is 3.26. The van der Waals surface area contributed by atoms with Crippen molar-refractivity contribution in [1.29, 1.82) is 0 Å². The molecule has 1 aromatic carbocycles. The number of hydrogen-bond acceptors (Lipinski definition) is 6. The maximum Gasteiger partial charge on any atom is 0.256 e. The van der Waals surface area contributed by atoms with Gasteiger partial charge in [0.15, 0.2) is 5.84 Å². The maximum atomic E-state index is 13.3. The summed E-state index contributed by atoms with van der Waals surface area (Å²) in [6.45, 7) is 13.2. The summed E-state index contributed by atoms with van der Waals surface area (Å²) in [6.07, 6.45) is 12.9. The predicted molar refractivity (Wildman–Crippen MR) is 132 cm³/mol. The third kappa shape index (κ3) is 5.77. The fraction of sp³-hybridized carbons (Fsp3) is 0.360. The van der Waals surface area contributed by atoms with Gasteiger partial charge in [0.1, 0.15) is 0 Å². The Bertz CT molecular complexity index is 1020. The van der Waals surface area contributed by atoms with Gasteiger partial charge in [-0.1, -0.05) is 45.1 Å². The van der Waals surface area contributed by atoms with Crippen molar-refractivity contribution in [1.82, 2.24) is 29.7 Å². The van der Waals surface area contributed by atoms with Gasteiger partial charge in [-0.25, -0.2) is 4.99 Å². The van der Waals surface area contributed by atoms with Crippen LogP contribution >= 0.6 is 0 Å². The first-order valence-electron chi connectivity index (χ1n) is 11.5. The first-order chi connectivity index (χ1) is 16.1. The number of nitrogens with zero attached hydrogens (tertiary/aromatic N) is 7. The number of carbonyl (C=O) groups excluding carboxylic acids is 1. The summed E-state index contributed by atoms with van der Waals surface area (Å²) in [7, 11) is 0. The standard InChI is InChI=1S/C22H25N7O.C3H8/c1-3-12-26-15-11-23-21(18(26)2)27-13-6-14-28(17-16-27)22(30)19-7-4-5-8-20(19)29-24-9-10-25-29;1-3-2/h3-5,7-12,15H,2,6,13-14,16-17H2,1H3;3H2,1-2H3/b12-3-;. The zero-order valence-corrected chi connectivity index (χ0v) is 19.8. The Labute approximate surface area is 196 Å². The smallest absolute Gasteiger partial charge is 0.256 e. The van der Waals surface area contributed by atoms with Gasteiger partial charge in [-0.05, 0) is 25.5 Å². The zero-order chi connectivity index (χ0) is 23.6. The van der Waals surface area contributed by atoms with Crippen LogP contribution in [0.25, 0.3) is 5.69 Å². The molecular weight excluding hydrogens is 414 g/mol. The Hall–Kier alpha value is -3.68. The average molecular weight is 448 g/mol. The van der Waals surface area contributed by atoms with Crippen molar-refractivity contribution in [3.63, 3.8) is 0 Å². The number of aromatic nitrogens is 3. The molecule has 33 heavy (non-hydrogen) atoms. The molecule has 1 aromatic heterocycles. The van der Waals surface area contributed by atoms with Crippen LogP contribution < -0.4 is 0 Å². The Kier molecular flexibility index (Phi) is 8.57. The number of hydrogen-bond donors (Lipinski definition) is 0. The van der Waals surface area contributed by atoms with Crippen LogP contribution in [-0.2, 0) is 0 Å². The molecular formula is C25H33N7O. The van der Waals surface area contributed by atoms with E-state index in [9.17, 15) is 4.79 Å². The lowest BCUT2D eigenvalue weighted by Gasteiger charge is -2.31. The second-order valence-corrected chi connectivity index (χ2v) is 7.76. The van der Waals surface area contributed by atoms with Crippen LogP contribution in [0.2, 0.25) is 0 Å². The highest BCUT2D eigenvalue weighted by atomic mass is 16.2. The number of aliphatic imine (C=N–C) groups is 1. The molecule has 1 saturated heterocycles. The van der Waals surface area contributed by atoms with E-state index in [1.165, 1.54) is 11.2 Å². The number of amidine groups is 1. The Balaban J connectivity index is 0.000000968. The fourth-order valence-corrected chi connectivity index (χ4v) is 3.69. The Morgan fingerprint density at radius 3 is 2.55 bits per heavy atom. The molecule has 0 N–H and O–H groups in total. The first kappa shape index (κ1) is 24.0. The van der Waals surface area contributed by atoms with Crippen molar-refractivity contribution in [2.75, 3.05) is 26.2 Å². The summed E-state index contributed by atoms with van der Waals surface area (Å²) in [4.78, 5) is 25.4. The molecule has 3 heterocycles. The Morgan fingerprint density at radius 2 is 1.82 bits per heavy atom. The van der Waals surface area contributed by atoms with Crippen molar-refractivity contribution in [2.45, 2.75) is 33.6 Å². The van der Waals surface area contributed by atoms with Gasteiger partial charge >= 0.3 is 0 Å². The fourth-order valence-electron chi connectivity index (χ4n) is 3.69. The summed E-state index contributed by atoms with van der Waals surface area (Å²) in [5.74, 6) is 0.843. The third-order valence-electron chi connectivity index (χ3n) is 5.15. The quantitative estimate of drug-likeness (QED) is 0.710. The minimum absolute atomic E-state index is 0.00963. The largest absolute Gasteiger partial charge is 0.353 e. The lowest BCUT2D eigenvalue weighted by molar-refractivity contribution is 0.0763. The van der Waals surface area contributed by atoms with E-state index in [2.05, 4.69) is 40.5 Å². The van der Waals surface area contributed by atoms with E-state index in [4.69, 9.17) is 0 Å². The van der Waals surface area contributed by atoms with Crippen molar-refractivity contribution < 1.29 is 4.79 Å². The molecule has 0 atom stereocenters. The minimum atomic E-state index is -0.00963. The number of amides is 1. The van der Waals surface area contributed by atoms with Crippen molar-refractivity contribution in [3.05, 3.63) is 79.2 Å². The van der Waals surface area contributed by atoms with Crippen LogP contribution in [0.1, 0.15) is 44.0 Å². The second kappa shape index (κ2) is 11.8. The van der Waals surface area contributed by atoms with Crippen LogP contribution in [-0.4, -0.2) is 67.6 Å². The highest BCUT2D eigenvalue weighted by Crippen LogP contribution is 2.19. The van der Waals surface area contributed by atoms with E-state index in [0.29, 0.717) is 30.9 Å². The Morgan fingerprint density at radius 1 is 1.09 bits per heavy atom. The molecule has 2 aromatic rings. The number of rotatable bonds is 3. The van der Waals surface area contributed by atoms with Gasteiger partial charge in [0.2, 0.25) is 0 Å². The lowest BCUT2D eigenvalue weighted by atomic mass is 10.1. The topological polar surface area (TPSA) is 69.9 Å². The highest BCUT2D eigenvalue weighted by molar-refractivity contribution is 5.99. The molecule has 4 rings (SSSR count). The summed E-state index contributed by atoms with van der Waals surface area (Å²) >= 11 is 0. The number of carbonyl (C=O) groups is 1. The van der Waals surface area contributed by atoms with Gasteiger partial charge < -0.3 is 14.7 Å². The van der Waals surface area contributed by atoms with E-state index in [-0.39, 0.29) is 5.91 Å². The van der Waals surface area contributed by atoms with E-state index < -0.39 is 0 Å². The molecule has 174 valence electrons. The van der Waals surface area contributed by atoms with E-state index in [0.717, 1.165) is 24.5 Å². The summed E-state index contributed by atoms with van der Waals surface area (Å²) in [5, 5.41) is 8.36. The SMILES string of the molecule is C=C1C(N2CCCN(C(=O)c3ccccc3-n3nccn3)CC2)=NC=CN1/C=C\C.CCC.